The fourth-order valence-corrected chi connectivity index (χ4v) is 4.66. The Balaban J connectivity index is 1.56. The van der Waals surface area contributed by atoms with Gasteiger partial charge in [-0.25, -0.2) is 4.98 Å². The number of rotatable bonds is 5. The van der Waals surface area contributed by atoms with Gasteiger partial charge in [0.05, 0.1) is 17.7 Å². The predicted molar refractivity (Wildman–Crippen MR) is 154 cm³/mol. The van der Waals surface area contributed by atoms with Crippen molar-refractivity contribution in [2.45, 2.75) is 12.7 Å². The van der Waals surface area contributed by atoms with Crippen LogP contribution in [0.5, 0.6) is 0 Å². The number of carbonyl (C=O) groups is 1. The van der Waals surface area contributed by atoms with E-state index in [4.69, 9.17) is 0 Å². The molecule has 42 heavy (non-hydrogen) atoms. The maximum atomic E-state index is 14.1. The number of piperazine rings is 1. The minimum atomic E-state index is -4.57. The van der Waals surface area contributed by atoms with Crippen LogP contribution in [0.25, 0.3) is 11.0 Å². The molecule has 1 aromatic carbocycles. The summed E-state index contributed by atoms with van der Waals surface area (Å²) in [6, 6.07) is 9.24. The second-order valence-electron chi connectivity index (χ2n) is 10.1. The second-order valence-corrected chi connectivity index (χ2v) is 10.1. The highest BCUT2D eigenvalue weighted by molar-refractivity contribution is 5.94. The molecule has 4 aromatic rings. The highest BCUT2D eigenvalue weighted by Crippen LogP contribution is 2.38. The van der Waals surface area contributed by atoms with E-state index in [1.807, 2.05) is 29.9 Å². The van der Waals surface area contributed by atoms with Crippen LogP contribution in [0.2, 0.25) is 0 Å². The molecule has 1 fully saturated rings. The van der Waals surface area contributed by atoms with E-state index in [9.17, 15) is 22.8 Å². The van der Waals surface area contributed by atoms with E-state index in [0.29, 0.717) is 31.6 Å². The molecule has 1 aliphatic heterocycles. The molecule has 1 amide bonds. The highest BCUT2D eigenvalue weighted by atomic mass is 19.4. The third-order valence-electron chi connectivity index (χ3n) is 6.92. The maximum absolute atomic E-state index is 14.1. The number of aromatic nitrogens is 4. The zero-order valence-corrected chi connectivity index (χ0v) is 23.3. The van der Waals surface area contributed by atoms with Gasteiger partial charge in [0.15, 0.2) is 0 Å². The van der Waals surface area contributed by atoms with Crippen molar-refractivity contribution < 1.29 is 18.0 Å². The van der Waals surface area contributed by atoms with Crippen LogP contribution in [0.15, 0.2) is 53.6 Å². The Hall–Kier alpha value is -4.83. The van der Waals surface area contributed by atoms with Crippen LogP contribution in [0, 0.1) is 11.8 Å². The third kappa shape index (κ3) is 6.08. The summed E-state index contributed by atoms with van der Waals surface area (Å²) in [4.78, 5) is 37.4. The number of benzene rings is 1. The standard InChI is InChI=1S/C29H29F3N8O2/c1-37(2)25(41)9-6-19-15-20-17-34-28(36-26(20)40(27(19)42)18-22-5-4-12-38(22)3)35-21-7-8-24(23(16-21)29(30,31)32)39-13-10-33-11-14-39/h4-5,7-8,12,15-17,33H,10-11,13-14,18H2,1-3H3,(H,34,35,36). The Bertz CT molecular complexity index is 1760. The first-order chi connectivity index (χ1) is 20.0. The van der Waals surface area contributed by atoms with Gasteiger partial charge in [0.1, 0.15) is 5.65 Å². The molecule has 2 N–H and O–H groups in total. The van der Waals surface area contributed by atoms with E-state index < -0.39 is 23.2 Å². The van der Waals surface area contributed by atoms with Gasteiger partial charge in [-0.15, -0.1) is 0 Å². The zero-order valence-electron chi connectivity index (χ0n) is 23.3. The summed E-state index contributed by atoms with van der Waals surface area (Å²) in [7, 11) is 4.96. The molecule has 218 valence electrons. The molecule has 13 heteroatoms. The first-order valence-electron chi connectivity index (χ1n) is 13.2. The number of amides is 1. The molecule has 3 aromatic heterocycles. The van der Waals surface area contributed by atoms with Gasteiger partial charge in [-0.05, 0) is 36.4 Å². The van der Waals surface area contributed by atoms with Crippen LogP contribution in [-0.4, -0.2) is 70.2 Å². The average molecular weight is 579 g/mol. The Labute approximate surface area is 239 Å². The number of nitrogens with zero attached hydrogens (tertiary/aromatic N) is 6. The summed E-state index contributed by atoms with van der Waals surface area (Å²) in [5.74, 6) is 4.68. The summed E-state index contributed by atoms with van der Waals surface area (Å²) in [5, 5.41) is 6.49. The molecular weight excluding hydrogens is 549 g/mol. The lowest BCUT2D eigenvalue weighted by atomic mass is 10.1. The summed E-state index contributed by atoms with van der Waals surface area (Å²) < 4.78 is 45.4. The van der Waals surface area contributed by atoms with Gasteiger partial charge in [0.25, 0.3) is 11.5 Å². The summed E-state index contributed by atoms with van der Waals surface area (Å²) in [6.07, 6.45) is -1.26. The van der Waals surface area contributed by atoms with E-state index in [1.54, 1.807) is 25.1 Å². The molecule has 1 saturated heterocycles. The van der Waals surface area contributed by atoms with Gasteiger partial charge in [0.2, 0.25) is 5.95 Å². The summed E-state index contributed by atoms with van der Waals surface area (Å²) >= 11 is 0. The minimum Gasteiger partial charge on any atom is -0.368 e. The quantitative estimate of drug-likeness (QED) is 0.352. The van der Waals surface area contributed by atoms with Gasteiger partial charge >= 0.3 is 6.18 Å². The number of hydrogen-bond donors (Lipinski definition) is 2. The van der Waals surface area contributed by atoms with Crippen LogP contribution in [0.1, 0.15) is 16.8 Å². The van der Waals surface area contributed by atoms with Crippen LogP contribution >= 0.6 is 0 Å². The lowest BCUT2D eigenvalue weighted by molar-refractivity contribution is -0.137. The molecule has 0 spiro atoms. The van der Waals surface area contributed by atoms with E-state index in [0.717, 1.165) is 11.8 Å². The van der Waals surface area contributed by atoms with Gasteiger partial charge in [-0.3, -0.25) is 14.2 Å². The van der Waals surface area contributed by atoms with Crippen molar-refractivity contribution in [3.63, 3.8) is 0 Å². The fourth-order valence-electron chi connectivity index (χ4n) is 4.66. The number of hydrogen-bond acceptors (Lipinski definition) is 7. The Morgan fingerprint density at radius 1 is 1.17 bits per heavy atom. The third-order valence-corrected chi connectivity index (χ3v) is 6.92. The predicted octanol–water partition coefficient (Wildman–Crippen LogP) is 2.79. The number of fused-ring (bicyclic) bond motifs is 1. The monoisotopic (exact) mass is 578 g/mol. The number of aryl methyl sites for hydroxylation is 1. The molecule has 0 radical (unpaired) electrons. The Kier molecular flexibility index (Phi) is 7.91. The lowest BCUT2D eigenvalue weighted by Crippen LogP contribution is -2.44. The fraction of sp³-hybridized carbons (Fsp3) is 0.310. The van der Waals surface area contributed by atoms with Crippen LogP contribution in [0.4, 0.5) is 30.5 Å². The highest BCUT2D eigenvalue weighted by Gasteiger charge is 2.35. The second kappa shape index (κ2) is 11.6. The van der Waals surface area contributed by atoms with Crippen molar-refractivity contribution in [3.8, 4) is 11.8 Å². The first-order valence-corrected chi connectivity index (χ1v) is 13.2. The molecule has 1 aliphatic rings. The van der Waals surface area contributed by atoms with Crippen molar-refractivity contribution >= 4 is 34.3 Å². The van der Waals surface area contributed by atoms with Gasteiger partial charge in [0, 0.05) is 88.1 Å². The number of anilines is 3. The number of nitrogens with one attached hydrogen (secondary N) is 2. The number of pyridine rings is 1. The molecule has 0 saturated carbocycles. The SMILES string of the molecule is CN(C)C(=O)C#Cc1cc2cnc(Nc3ccc(N4CCNCC4)c(C(F)(F)F)c3)nc2n(Cc2cccn2C)c1=O. The summed E-state index contributed by atoms with van der Waals surface area (Å²) in [5.41, 5.74) is 0.206. The molecule has 0 atom stereocenters. The minimum absolute atomic E-state index is 0.0206. The van der Waals surface area contributed by atoms with E-state index in [-0.39, 0.29) is 35.1 Å². The van der Waals surface area contributed by atoms with Gasteiger partial charge in [-0.2, -0.15) is 18.2 Å². The van der Waals surface area contributed by atoms with Crippen LogP contribution in [0.3, 0.4) is 0 Å². The smallest absolute Gasteiger partial charge is 0.368 e. The normalized spacial score (nSPS) is 13.5. The number of halogens is 3. The molecule has 5 rings (SSSR count). The molecule has 0 bridgehead atoms. The number of carbonyl (C=O) groups excluding carboxylic acids is 1. The molecule has 4 heterocycles. The topological polar surface area (TPSA) is 100 Å². The van der Waals surface area contributed by atoms with Crippen molar-refractivity contribution in [3.05, 3.63) is 76.0 Å². The molecule has 0 aliphatic carbocycles. The first kappa shape index (κ1) is 28.7. The van der Waals surface area contributed by atoms with Gasteiger partial charge in [-0.1, -0.05) is 5.92 Å². The van der Waals surface area contributed by atoms with Crippen molar-refractivity contribution in [1.29, 1.82) is 0 Å². The molecule has 0 unspecified atom stereocenters. The van der Waals surface area contributed by atoms with Crippen molar-refractivity contribution in [2.75, 3.05) is 50.5 Å². The Morgan fingerprint density at radius 3 is 2.60 bits per heavy atom. The Morgan fingerprint density at radius 2 is 1.93 bits per heavy atom. The molecule has 10 nitrogen and oxygen atoms in total. The van der Waals surface area contributed by atoms with E-state index in [1.165, 1.54) is 27.8 Å². The van der Waals surface area contributed by atoms with E-state index >= 15 is 0 Å². The van der Waals surface area contributed by atoms with Gasteiger partial charge < -0.3 is 25.0 Å². The largest absolute Gasteiger partial charge is 0.418 e. The average Bonchev–Trinajstić information content (AvgIpc) is 3.37. The van der Waals surface area contributed by atoms with Crippen molar-refractivity contribution in [2.24, 2.45) is 7.05 Å². The summed E-state index contributed by atoms with van der Waals surface area (Å²) in [6.45, 7) is 2.29. The van der Waals surface area contributed by atoms with Crippen LogP contribution in [-0.2, 0) is 24.6 Å². The van der Waals surface area contributed by atoms with Crippen molar-refractivity contribution in [1.82, 2.24) is 29.3 Å². The zero-order chi connectivity index (χ0) is 30.0. The van der Waals surface area contributed by atoms with E-state index in [2.05, 4.69) is 32.4 Å². The molecular formula is C29H29F3N8O2. The maximum Gasteiger partial charge on any atom is 0.418 e. The number of alkyl halides is 3. The lowest BCUT2D eigenvalue weighted by Gasteiger charge is -2.31. The van der Waals surface area contributed by atoms with Crippen LogP contribution < -0.4 is 21.1 Å².